The van der Waals surface area contributed by atoms with Crippen LogP contribution in [-0.4, -0.2) is 46.8 Å². The molecule has 124 valence electrons. The Bertz CT molecular complexity index is 609. The molecule has 4 nitrogen and oxygen atoms in total. The van der Waals surface area contributed by atoms with E-state index in [9.17, 15) is 9.59 Å². The summed E-state index contributed by atoms with van der Waals surface area (Å²) in [5.41, 5.74) is 1.72. The van der Waals surface area contributed by atoms with Gasteiger partial charge in [-0.3, -0.25) is 9.59 Å². The Kier molecular flexibility index (Phi) is 4.42. The van der Waals surface area contributed by atoms with Gasteiger partial charge in [0.1, 0.15) is 0 Å². The summed E-state index contributed by atoms with van der Waals surface area (Å²) in [4.78, 5) is 29.2. The first-order chi connectivity index (χ1) is 11.1. The predicted octanol–water partition coefficient (Wildman–Crippen LogP) is 3.00. The molecule has 0 bridgehead atoms. The predicted molar refractivity (Wildman–Crippen MR) is 90.3 cm³/mol. The van der Waals surface area contributed by atoms with Gasteiger partial charge in [0.25, 0.3) is 5.91 Å². The maximum atomic E-state index is 12.9. The first kappa shape index (κ1) is 16.0. The highest BCUT2D eigenvalue weighted by atomic mass is 16.2. The van der Waals surface area contributed by atoms with Crippen LogP contribution >= 0.6 is 0 Å². The maximum Gasteiger partial charge on any atom is 0.253 e. The van der Waals surface area contributed by atoms with Crippen LogP contribution in [0.4, 0.5) is 0 Å². The summed E-state index contributed by atoms with van der Waals surface area (Å²) in [5, 5.41) is 0. The monoisotopic (exact) mass is 314 g/mol. The summed E-state index contributed by atoms with van der Waals surface area (Å²) in [6, 6.07) is 7.78. The van der Waals surface area contributed by atoms with Gasteiger partial charge in [-0.25, -0.2) is 0 Å². The van der Waals surface area contributed by atoms with E-state index in [2.05, 4.69) is 0 Å². The SMILES string of the molecule is CCN1C(=O)CCC[C@]12CCCN(C(=O)c1cccc(C)c1)C2. The Morgan fingerprint density at radius 1 is 1.26 bits per heavy atom. The largest absolute Gasteiger partial charge is 0.336 e. The van der Waals surface area contributed by atoms with E-state index in [1.54, 1.807) is 0 Å². The molecule has 2 fully saturated rings. The van der Waals surface area contributed by atoms with Crippen molar-refractivity contribution in [1.29, 1.82) is 0 Å². The highest BCUT2D eigenvalue weighted by Crippen LogP contribution is 2.36. The molecule has 0 unspecified atom stereocenters. The molecule has 2 saturated heterocycles. The number of nitrogens with zero attached hydrogens (tertiary/aromatic N) is 2. The Morgan fingerprint density at radius 3 is 2.78 bits per heavy atom. The molecule has 23 heavy (non-hydrogen) atoms. The fourth-order valence-electron chi connectivity index (χ4n) is 4.29. The number of likely N-dealkylation sites (N-methyl/N-ethyl adjacent to an activating group) is 1. The summed E-state index contributed by atoms with van der Waals surface area (Å²) < 4.78 is 0. The second-order valence-corrected chi connectivity index (χ2v) is 6.92. The van der Waals surface area contributed by atoms with E-state index in [-0.39, 0.29) is 17.4 Å². The van der Waals surface area contributed by atoms with Crippen molar-refractivity contribution in [2.45, 2.75) is 51.5 Å². The summed E-state index contributed by atoms with van der Waals surface area (Å²) in [6.07, 6.45) is 4.61. The number of hydrogen-bond donors (Lipinski definition) is 0. The number of rotatable bonds is 2. The molecule has 2 amide bonds. The molecule has 1 atom stereocenters. The van der Waals surface area contributed by atoms with Gasteiger partial charge in [-0.1, -0.05) is 17.7 Å². The van der Waals surface area contributed by atoms with Crippen LogP contribution in [0.3, 0.4) is 0 Å². The number of carbonyl (C=O) groups is 2. The van der Waals surface area contributed by atoms with Gasteiger partial charge in [0.2, 0.25) is 5.91 Å². The summed E-state index contributed by atoms with van der Waals surface area (Å²) >= 11 is 0. The highest BCUT2D eigenvalue weighted by Gasteiger charge is 2.45. The van der Waals surface area contributed by atoms with E-state index >= 15 is 0 Å². The van der Waals surface area contributed by atoms with Crippen LogP contribution < -0.4 is 0 Å². The molecule has 1 aromatic rings. The maximum absolute atomic E-state index is 12.9. The zero-order chi connectivity index (χ0) is 16.4. The van der Waals surface area contributed by atoms with Crippen molar-refractivity contribution < 1.29 is 9.59 Å². The third-order valence-electron chi connectivity index (χ3n) is 5.33. The van der Waals surface area contributed by atoms with Crippen molar-refractivity contribution in [2.75, 3.05) is 19.6 Å². The van der Waals surface area contributed by atoms with Crippen molar-refractivity contribution in [1.82, 2.24) is 9.80 Å². The van der Waals surface area contributed by atoms with Gasteiger partial charge in [-0.05, 0) is 51.7 Å². The number of piperidine rings is 2. The van der Waals surface area contributed by atoms with Crippen molar-refractivity contribution in [3.05, 3.63) is 35.4 Å². The van der Waals surface area contributed by atoms with E-state index in [1.807, 2.05) is 47.9 Å². The Labute approximate surface area is 138 Å². The van der Waals surface area contributed by atoms with Gasteiger partial charge in [0, 0.05) is 31.6 Å². The minimum atomic E-state index is -0.137. The van der Waals surface area contributed by atoms with Gasteiger partial charge in [0.05, 0.1) is 5.54 Å². The Hall–Kier alpha value is -1.84. The minimum Gasteiger partial charge on any atom is -0.336 e. The average Bonchev–Trinajstić information content (AvgIpc) is 2.54. The molecule has 3 rings (SSSR count). The van der Waals surface area contributed by atoms with Crippen LogP contribution in [-0.2, 0) is 4.79 Å². The summed E-state index contributed by atoms with van der Waals surface area (Å²) in [7, 11) is 0. The molecule has 2 heterocycles. The first-order valence-corrected chi connectivity index (χ1v) is 8.72. The van der Waals surface area contributed by atoms with E-state index in [4.69, 9.17) is 0 Å². The Morgan fingerprint density at radius 2 is 2.04 bits per heavy atom. The lowest BCUT2D eigenvalue weighted by atomic mass is 9.79. The number of amides is 2. The topological polar surface area (TPSA) is 40.6 Å². The second-order valence-electron chi connectivity index (χ2n) is 6.92. The smallest absolute Gasteiger partial charge is 0.253 e. The van der Waals surface area contributed by atoms with Crippen LogP contribution in [0.5, 0.6) is 0 Å². The zero-order valence-electron chi connectivity index (χ0n) is 14.2. The Balaban J connectivity index is 1.82. The normalized spacial score (nSPS) is 25.0. The third-order valence-corrected chi connectivity index (χ3v) is 5.33. The molecule has 0 radical (unpaired) electrons. The fraction of sp³-hybridized carbons (Fsp3) is 0.579. The van der Waals surface area contributed by atoms with Gasteiger partial charge >= 0.3 is 0 Å². The lowest BCUT2D eigenvalue weighted by Gasteiger charge is -2.52. The molecule has 2 aliphatic rings. The summed E-state index contributed by atoms with van der Waals surface area (Å²) in [5.74, 6) is 0.352. The molecule has 2 aliphatic heterocycles. The number of carbonyl (C=O) groups excluding carboxylic acids is 2. The van der Waals surface area contributed by atoms with Crippen LogP contribution in [0.1, 0.15) is 54.9 Å². The first-order valence-electron chi connectivity index (χ1n) is 8.72. The molecule has 0 aromatic heterocycles. The van der Waals surface area contributed by atoms with Crippen molar-refractivity contribution in [3.63, 3.8) is 0 Å². The third kappa shape index (κ3) is 2.99. The highest BCUT2D eigenvalue weighted by molar-refractivity contribution is 5.94. The van der Waals surface area contributed by atoms with E-state index in [0.717, 1.165) is 49.9 Å². The number of aryl methyl sites for hydroxylation is 1. The van der Waals surface area contributed by atoms with Crippen LogP contribution in [0.15, 0.2) is 24.3 Å². The van der Waals surface area contributed by atoms with Gasteiger partial charge in [0.15, 0.2) is 0 Å². The van der Waals surface area contributed by atoms with Crippen LogP contribution in [0.25, 0.3) is 0 Å². The van der Waals surface area contributed by atoms with Gasteiger partial charge in [-0.15, -0.1) is 0 Å². The van der Waals surface area contributed by atoms with Crippen molar-refractivity contribution in [3.8, 4) is 0 Å². The molecule has 1 spiro atoms. The molecular weight excluding hydrogens is 288 g/mol. The molecule has 0 N–H and O–H groups in total. The second kappa shape index (κ2) is 6.34. The lowest BCUT2D eigenvalue weighted by molar-refractivity contribution is -0.144. The quantitative estimate of drug-likeness (QED) is 0.842. The molecule has 4 heteroatoms. The van der Waals surface area contributed by atoms with E-state index in [1.165, 1.54) is 0 Å². The van der Waals surface area contributed by atoms with Gasteiger partial charge in [-0.2, -0.15) is 0 Å². The molecular formula is C19H26N2O2. The standard InChI is InChI=1S/C19H26N2O2/c1-3-21-17(22)9-5-10-19(21)11-6-12-20(14-19)18(23)16-8-4-7-15(2)13-16/h4,7-8,13H,3,5-6,9-12,14H2,1-2H3/t19-/m1/s1. The summed E-state index contributed by atoms with van der Waals surface area (Å²) in [6.45, 7) is 6.27. The molecule has 0 saturated carbocycles. The minimum absolute atomic E-state index is 0.0989. The van der Waals surface area contributed by atoms with Crippen molar-refractivity contribution >= 4 is 11.8 Å². The number of benzene rings is 1. The van der Waals surface area contributed by atoms with E-state index < -0.39 is 0 Å². The fourth-order valence-corrected chi connectivity index (χ4v) is 4.29. The molecule has 0 aliphatic carbocycles. The number of hydrogen-bond acceptors (Lipinski definition) is 2. The lowest BCUT2D eigenvalue weighted by Crippen LogP contribution is -2.63. The van der Waals surface area contributed by atoms with Gasteiger partial charge < -0.3 is 9.80 Å². The zero-order valence-corrected chi connectivity index (χ0v) is 14.2. The van der Waals surface area contributed by atoms with Crippen molar-refractivity contribution in [2.24, 2.45) is 0 Å². The number of likely N-dealkylation sites (tertiary alicyclic amines) is 2. The molecule has 1 aromatic carbocycles. The van der Waals surface area contributed by atoms with Crippen LogP contribution in [0, 0.1) is 6.92 Å². The van der Waals surface area contributed by atoms with E-state index in [0.29, 0.717) is 13.0 Å². The van der Waals surface area contributed by atoms with Crippen LogP contribution in [0.2, 0.25) is 0 Å². The average molecular weight is 314 g/mol.